The fourth-order valence-corrected chi connectivity index (χ4v) is 1.32. The maximum atomic E-state index is 5.73. The molecule has 0 bridgehead atoms. The van der Waals surface area contributed by atoms with E-state index in [0.717, 1.165) is 17.4 Å². The number of pyridine rings is 1. The maximum Gasteiger partial charge on any atom is 0.222 e. The monoisotopic (exact) mass is 189 g/mol. The zero-order valence-electron chi connectivity index (χ0n) is 7.86. The van der Waals surface area contributed by atoms with E-state index in [9.17, 15) is 0 Å². The summed E-state index contributed by atoms with van der Waals surface area (Å²) in [7, 11) is 0. The molecule has 0 aromatic carbocycles. The highest BCUT2D eigenvalue weighted by molar-refractivity contribution is 5.77. The van der Waals surface area contributed by atoms with Crippen molar-refractivity contribution in [3.05, 3.63) is 17.8 Å². The summed E-state index contributed by atoms with van der Waals surface area (Å²) in [4.78, 5) is 12.0. The Kier molecular flexibility index (Phi) is 1.92. The third kappa shape index (κ3) is 1.32. The number of fused-ring (bicyclic) bond motifs is 1. The van der Waals surface area contributed by atoms with Crippen LogP contribution in [-0.2, 0) is 6.42 Å². The number of aromatic nitrogens is 3. The number of hydrogen-bond donors (Lipinski definition) is 2. The molecular weight excluding hydrogens is 178 g/mol. The molecule has 2 aromatic heterocycles. The molecule has 0 spiro atoms. The molecule has 0 saturated carbocycles. The molecule has 0 atom stereocenters. The molecular formula is C9H11N5. The van der Waals surface area contributed by atoms with Crippen molar-refractivity contribution in [2.75, 3.05) is 11.5 Å². The minimum atomic E-state index is 0.216. The van der Waals surface area contributed by atoms with Crippen molar-refractivity contribution < 1.29 is 0 Å². The SMILES string of the molecule is CCc1cc2cnc(N)nc2nc1N. The van der Waals surface area contributed by atoms with Crippen molar-refractivity contribution in [1.82, 2.24) is 15.0 Å². The second-order valence-electron chi connectivity index (χ2n) is 3.03. The van der Waals surface area contributed by atoms with Gasteiger partial charge in [-0.25, -0.2) is 9.97 Å². The van der Waals surface area contributed by atoms with Crippen LogP contribution in [-0.4, -0.2) is 15.0 Å². The Labute approximate surface area is 81.2 Å². The summed E-state index contributed by atoms with van der Waals surface area (Å²) in [5.74, 6) is 0.728. The smallest absolute Gasteiger partial charge is 0.222 e. The van der Waals surface area contributed by atoms with Crippen molar-refractivity contribution in [2.45, 2.75) is 13.3 Å². The fourth-order valence-electron chi connectivity index (χ4n) is 1.32. The lowest BCUT2D eigenvalue weighted by Crippen LogP contribution is -2.01. The highest BCUT2D eigenvalue weighted by Gasteiger charge is 2.03. The molecule has 0 amide bonds. The quantitative estimate of drug-likeness (QED) is 0.690. The van der Waals surface area contributed by atoms with Crippen LogP contribution in [0.2, 0.25) is 0 Å². The van der Waals surface area contributed by atoms with E-state index in [2.05, 4.69) is 15.0 Å². The molecule has 0 unspecified atom stereocenters. The Morgan fingerprint density at radius 3 is 2.79 bits per heavy atom. The second kappa shape index (κ2) is 3.10. The molecule has 2 aromatic rings. The molecule has 0 fully saturated rings. The summed E-state index contributed by atoms with van der Waals surface area (Å²) >= 11 is 0. The highest BCUT2D eigenvalue weighted by atomic mass is 15.0. The summed E-state index contributed by atoms with van der Waals surface area (Å²) in [6, 6.07) is 1.94. The van der Waals surface area contributed by atoms with Gasteiger partial charge in [-0.05, 0) is 18.1 Å². The van der Waals surface area contributed by atoms with Crippen LogP contribution >= 0.6 is 0 Å². The number of hydrogen-bond acceptors (Lipinski definition) is 5. The molecule has 0 aliphatic rings. The van der Waals surface area contributed by atoms with E-state index in [1.54, 1.807) is 6.20 Å². The van der Waals surface area contributed by atoms with Crippen LogP contribution < -0.4 is 11.5 Å². The topological polar surface area (TPSA) is 90.7 Å². The molecule has 72 valence electrons. The van der Waals surface area contributed by atoms with Crippen LogP contribution in [0.4, 0.5) is 11.8 Å². The van der Waals surface area contributed by atoms with Gasteiger partial charge < -0.3 is 11.5 Å². The minimum absolute atomic E-state index is 0.216. The molecule has 14 heavy (non-hydrogen) atoms. The van der Waals surface area contributed by atoms with Crippen LogP contribution in [0, 0.1) is 0 Å². The van der Waals surface area contributed by atoms with Gasteiger partial charge in [-0.2, -0.15) is 4.98 Å². The third-order valence-corrected chi connectivity index (χ3v) is 2.08. The summed E-state index contributed by atoms with van der Waals surface area (Å²) in [6.45, 7) is 2.03. The van der Waals surface area contributed by atoms with Gasteiger partial charge in [-0.3, -0.25) is 0 Å². The van der Waals surface area contributed by atoms with Crippen molar-refractivity contribution in [2.24, 2.45) is 0 Å². The largest absolute Gasteiger partial charge is 0.383 e. The molecule has 0 saturated heterocycles. The van der Waals surface area contributed by atoms with Crippen molar-refractivity contribution in [1.29, 1.82) is 0 Å². The van der Waals surface area contributed by atoms with E-state index < -0.39 is 0 Å². The van der Waals surface area contributed by atoms with Gasteiger partial charge in [0.05, 0.1) is 0 Å². The zero-order chi connectivity index (χ0) is 10.1. The van der Waals surface area contributed by atoms with Gasteiger partial charge in [0, 0.05) is 11.6 Å². The van der Waals surface area contributed by atoms with Gasteiger partial charge in [-0.15, -0.1) is 0 Å². The number of nitrogens with zero attached hydrogens (tertiary/aromatic N) is 3. The minimum Gasteiger partial charge on any atom is -0.383 e. The van der Waals surface area contributed by atoms with E-state index in [1.807, 2.05) is 13.0 Å². The first-order valence-electron chi connectivity index (χ1n) is 4.38. The predicted octanol–water partition coefficient (Wildman–Crippen LogP) is 0.752. The number of nitrogen functional groups attached to an aromatic ring is 2. The normalized spacial score (nSPS) is 10.6. The number of nitrogens with two attached hydrogens (primary N) is 2. The van der Waals surface area contributed by atoms with Crippen molar-refractivity contribution in [3.8, 4) is 0 Å². The van der Waals surface area contributed by atoms with E-state index in [0.29, 0.717) is 11.5 Å². The average Bonchev–Trinajstić information content (AvgIpc) is 2.16. The molecule has 0 radical (unpaired) electrons. The van der Waals surface area contributed by atoms with Crippen molar-refractivity contribution >= 4 is 22.8 Å². The predicted molar refractivity (Wildman–Crippen MR) is 55.5 cm³/mol. The number of rotatable bonds is 1. The maximum absolute atomic E-state index is 5.73. The first-order chi connectivity index (χ1) is 6.70. The first kappa shape index (κ1) is 8.68. The molecule has 2 heterocycles. The summed E-state index contributed by atoms with van der Waals surface area (Å²) < 4.78 is 0. The Morgan fingerprint density at radius 2 is 2.07 bits per heavy atom. The summed E-state index contributed by atoms with van der Waals surface area (Å²) in [6.07, 6.45) is 2.50. The van der Waals surface area contributed by atoms with Gasteiger partial charge in [0.2, 0.25) is 5.95 Å². The lowest BCUT2D eigenvalue weighted by atomic mass is 10.2. The van der Waals surface area contributed by atoms with E-state index >= 15 is 0 Å². The molecule has 2 rings (SSSR count). The number of aryl methyl sites for hydroxylation is 1. The second-order valence-corrected chi connectivity index (χ2v) is 3.03. The number of anilines is 2. The Balaban J connectivity index is 2.73. The third-order valence-electron chi connectivity index (χ3n) is 2.08. The van der Waals surface area contributed by atoms with E-state index in [-0.39, 0.29) is 5.95 Å². The van der Waals surface area contributed by atoms with Crippen molar-refractivity contribution in [3.63, 3.8) is 0 Å². The molecule has 5 nitrogen and oxygen atoms in total. The van der Waals surface area contributed by atoms with Gasteiger partial charge in [0.15, 0.2) is 5.65 Å². The van der Waals surface area contributed by atoms with Crippen LogP contribution in [0.15, 0.2) is 12.3 Å². The standard InChI is InChI=1S/C9H11N5/c1-2-5-3-6-4-12-9(11)14-8(6)13-7(5)10/h3-4H,2H2,1H3,(H4,10,11,12,13,14). The average molecular weight is 189 g/mol. The lowest BCUT2D eigenvalue weighted by Gasteiger charge is -2.03. The zero-order valence-corrected chi connectivity index (χ0v) is 7.86. The Bertz CT molecular complexity index is 480. The summed E-state index contributed by atoms with van der Waals surface area (Å²) in [5, 5.41) is 0.866. The van der Waals surface area contributed by atoms with Crippen LogP contribution in [0.1, 0.15) is 12.5 Å². The fraction of sp³-hybridized carbons (Fsp3) is 0.222. The van der Waals surface area contributed by atoms with E-state index in [1.165, 1.54) is 0 Å². The van der Waals surface area contributed by atoms with Gasteiger partial charge in [0.1, 0.15) is 5.82 Å². The summed E-state index contributed by atoms with van der Waals surface area (Å²) in [5.41, 5.74) is 12.7. The molecule has 4 N–H and O–H groups in total. The first-order valence-corrected chi connectivity index (χ1v) is 4.38. The lowest BCUT2D eigenvalue weighted by molar-refractivity contribution is 1.11. The Morgan fingerprint density at radius 1 is 1.29 bits per heavy atom. The van der Waals surface area contributed by atoms with Gasteiger partial charge in [-0.1, -0.05) is 6.92 Å². The van der Waals surface area contributed by atoms with Gasteiger partial charge >= 0.3 is 0 Å². The molecule has 0 aliphatic carbocycles. The van der Waals surface area contributed by atoms with Crippen LogP contribution in [0.5, 0.6) is 0 Å². The Hall–Kier alpha value is -1.91. The molecule has 5 heteroatoms. The van der Waals surface area contributed by atoms with Crippen LogP contribution in [0.25, 0.3) is 11.0 Å². The highest BCUT2D eigenvalue weighted by Crippen LogP contribution is 2.16. The van der Waals surface area contributed by atoms with E-state index in [4.69, 9.17) is 11.5 Å². The molecule has 0 aliphatic heterocycles. The van der Waals surface area contributed by atoms with Gasteiger partial charge in [0.25, 0.3) is 0 Å². The van der Waals surface area contributed by atoms with Crippen LogP contribution in [0.3, 0.4) is 0 Å².